The Morgan fingerprint density at radius 1 is 1.43 bits per heavy atom. The summed E-state index contributed by atoms with van der Waals surface area (Å²) in [6.45, 7) is 1.65. The van der Waals surface area contributed by atoms with Gasteiger partial charge in [0.1, 0.15) is 18.1 Å². The molecule has 0 aliphatic carbocycles. The molecule has 0 bridgehead atoms. The second kappa shape index (κ2) is 5.89. The molecule has 0 aliphatic rings. The number of hydrogen-bond donors (Lipinski definition) is 0. The molecule has 2 rings (SSSR count). The zero-order valence-corrected chi connectivity index (χ0v) is 13.0. The number of pyridine rings is 1. The van der Waals surface area contributed by atoms with Gasteiger partial charge >= 0.3 is 0 Å². The van der Waals surface area contributed by atoms with Crippen molar-refractivity contribution < 1.29 is 4.92 Å². The van der Waals surface area contributed by atoms with Gasteiger partial charge in [-0.1, -0.05) is 12.1 Å². The van der Waals surface area contributed by atoms with E-state index in [0.29, 0.717) is 27.1 Å². The van der Waals surface area contributed by atoms with Gasteiger partial charge in [0.25, 0.3) is 5.69 Å². The maximum Gasteiger partial charge on any atom is 0.291 e. The van der Waals surface area contributed by atoms with Gasteiger partial charge in [-0.3, -0.25) is 10.1 Å². The van der Waals surface area contributed by atoms with Crippen LogP contribution < -0.4 is 4.90 Å². The minimum atomic E-state index is -0.472. The maximum atomic E-state index is 10.9. The fourth-order valence-electron chi connectivity index (χ4n) is 1.95. The van der Waals surface area contributed by atoms with E-state index < -0.39 is 4.92 Å². The molecule has 1 heterocycles. The Morgan fingerprint density at radius 3 is 2.71 bits per heavy atom. The number of benzene rings is 1. The molecular formula is C14H11BrN4O2. The number of hydrogen-bond acceptors (Lipinski definition) is 5. The van der Waals surface area contributed by atoms with Gasteiger partial charge in [0.05, 0.1) is 20.6 Å². The predicted octanol–water partition coefficient (Wildman–Crippen LogP) is 3.70. The number of aromatic nitrogens is 1. The van der Waals surface area contributed by atoms with Crippen LogP contribution in [-0.4, -0.2) is 17.0 Å². The van der Waals surface area contributed by atoms with Gasteiger partial charge in [-0.15, -0.1) is 0 Å². The third kappa shape index (κ3) is 2.71. The zero-order chi connectivity index (χ0) is 15.6. The summed E-state index contributed by atoms with van der Waals surface area (Å²) in [5.74, 6) is 0.515. The molecule has 0 aliphatic heterocycles. The highest BCUT2D eigenvalue weighted by Gasteiger charge is 2.20. The van der Waals surface area contributed by atoms with Gasteiger partial charge in [0.2, 0.25) is 0 Å². The Labute approximate surface area is 129 Å². The highest BCUT2D eigenvalue weighted by atomic mass is 79.9. The average molecular weight is 347 g/mol. The molecule has 0 radical (unpaired) electrons. The van der Waals surface area contributed by atoms with Crippen LogP contribution in [0.15, 0.2) is 34.9 Å². The molecule has 1 aromatic heterocycles. The van der Waals surface area contributed by atoms with Crippen molar-refractivity contribution in [3.05, 3.63) is 56.2 Å². The summed E-state index contributed by atoms with van der Waals surface area (Å²) in [6.07, 6.45) is 1.22. The van der Waals surface area contributed by atoms with Gasteiger partial charge < -0.3 is 4.90 Å². The van der Waals surface area contributed by atoms with E-state index in [0.717, 1.165) is 0 Å². The van der Waals surface area contributed by atoms with Gasteiger partial charge in [-0.25, -0.2) is 4.98 Å². The number of anilines is 2. The van der Waals surface area contributed by atoms with Crippen molar-refractivity contribution in [2.75, 3.05) is 11.9 Å². The lowest BCUT2D eigenvalue weighted by Gasteiger charge is -2.21. The lowest BCUT2D eigenvalue weighted by atomic mass is 10.1. The number of para-hydroxylation sites is 1. The molecule has 0 spiro atoms. The number of rotatable bonds is 3. The number of halogens is 1. The first-order chi connectivity index (χ1) is 9.97. The van der Waals surface area contributed by atoms with E-state index in [1.165, 1.54) is 6.20 Å². The van der Waals surface area contributed by atoms with Crippen molar-refractivity contribution in [2.45, 2.75) is 6.92 Å². The Kier molecular flexibility index (Phi) is 4.19. The number of nitriles is 1. The molecule has 0 N–H and O–H groups in total. The molecule has 0 unspecified atom stereocenters. The van der Waals surface area contributed by atoms with Crippen molar-refractivity contribution in [1.82, 2.24) is 4.98 Å². The smallest absolute Gasteiger partial charge is 0.291 e. The van der Waals surface area contributed by atoms with Crippen LogP contribution in [0.5, 0.6) is 0 Å². The molecule has 0 amide bonds. The van der Waals surface area contributed by atoms with Crippen LogP contribution >= 0.6 is 15.9 Å². The summed E-state index contributed by atoms with van der Waals surface area (Å²) in [4.78, 5) is 16.3. The van der Waals surface area contributed by atoms with E-state index in [1.54, 1.807) is 37.1 Å². The molecular weight excluding hydrogens is 336 g/mol. The predicted molar refractivity (Wildman–Crippen MR) is 82.5 cm³/mol. The van der Waals surface area contributed by atoms with E-state index in [1.807, 2.05) is 6.07 Å². The normalized spacial score (nSPS) is 10.0. The molecule has 0 atom stereocenters. The van der Waals surface area contributed by atoms with Gasteiger partial charge in [0, 0.05) is 12.6 Å². The molecule has 2 aromatic rings. The highest BCUT2D eigenvalue weighted by Crippen LogP contribution is 2.35. The summed E-state index contributed by atoms with van der Waals surface area (Å²) in [7, 11) is 1.76. The van der Waals surface area contributed by atoms with Crippen LogP contribution in [0, 0.1) is 28.4 Å². The van der Waals surface area contributed by atoms with Gasteiger partial charge in [-0.05, 0) is 35.0 Å². The summed E-state index contributed by atoms with van der Waals surface area (Å²) in [5, 5.41) is 20.1. The molecule has 0 saturated heterocycles. The molecule has 21 heavy (non-hydrogen) atoms. The van der Waals surface area contributed by atoms with Crippen LogP contribution in [0.3, 0.4) is 0 Å². The Hall–Kier alpha value is -2.46. The molecule has 106 valence electrons. The lowest BCUT2D eigenvalue weighted by molar-refractivity contribution is -0.385. The summed E-state index contributed by atoms with van der Waals surface area (Å²) in [5.41, 5.74) is 1.63. The second-order valence-electron chi connectivity index (χ2n) is 4.35. The standard InChI is InChI=1S/C14H11BrN4O2/c1-9-12(19(20)21)8-17-14(13(9)15)18(2)11-6-4-3-5-10(11)7-16/h3-6,8H,1-2H3. The fourth-order valence-corrected chi connectivity index (χ4v) is 2.52. The third-order valence-electron chi connectivity index (χ3n) is 3.12. The van der Waals surface area contributed by atoms with E-state index in [-0.39, 0.29) is 5.69 Å². The Bertz CT molecular complexity index is 755. The zero-order valence-electron chi connectivity index (χ0n) is 11.4. The minimum absolute atomic E-state index is 0.0485. The Morgan fingerprint density at radius 2 is 2.10 bits per heavy atom. The SMILES string of the molecule is Cc1c([N+](=O)[O-])cnc(N(C)c2ccccc2C#N)c1Br. The van der Waals surface area contributed by atoms with Crippen LogP contribution in [0.4, 0.5) is 17.2 Å². The third-order valence-corrected chi connectivity index (χ3v) is 4.07. The van der Waals surface area contributed by atoms with Gasteiger partial charge in [0.15, 0.2) is 0 Å². The lowest BCUT2D eigenvalue weighted by Crippen LogP contribution is -2.14. The second-order valence-corrected chi connectivity index (χ2v) is 5.14. The van der Waals surface area contributed by atoms with E-state index in [2.05, 4.69) is 27.0 Å². The largest absolute Gasteiger partial charge is 0.327 e. The molecule has 7 heteroatoms. The molecule has 0 saturated carbocycles. The highest BCUT2D eigenvalue weighted by molar-refractivity contribution is 9.10. The molecule has 0 fully saturated rings. The summed E-state index contributed by atoms with van der Waals surface area (Å²) >= 11 is 3.35. The van der Waals surface area contributed by atoms with Crippen molar-refractivity contribution in [3.63, 3.8) is 0 Å². The van der Waals surface area contributed by atoms with Crippen LogP contribution in [-0.2, 0) is 0 Å². The van der Waals surface area contributed by atoms with E-state index in [4.69, 9.17) is 5.26 Å². The topological polar surface area (TPSA) is 83.1 Å². The van der Waals surface area contributed by atoms with Crippen molar-refractivity contribution in [3.8, 4) is 6.07 Å². The van der Waals surface area contributed by atoms with Crippen molar-refractivity contribution in [2.24, 2.45) is 0 Å². The first-order valence-corrected chi connectivity index (χ1v) is 6.79. The number of nitro groups is 1. The van der Waals surface area contributed by atoms with Crippen molar-refractivity contribution >= 4 is 33.1 Å². The first-order valence-electron chi connectivity index (χ1n) is 5.99. The fraction of sp³-hybridized carbons (Fsp3) is 0.143. The van der Waals surface area contributed by atoms with Crippen LogP contribution in [0.25, 0.3) is 0 Å². The summed E-state index contributed by atoms with van der Waals surface area (Å²) < 4.78 is 0.534. The molecule has 1 aromatic carbocycles. The Balaban J connectivity index is 2.55. The van der Waals surface area contributed by atoms with Crippen molar-refractivity contribution in [1.29, 1.82) is 5.26 Å². The van der Waals surface area contributed by atoms with Gasteiger partial charge in [-0.2, -0.15) is 5.26 Å². The molecule has 6 nitrogen and oxygen atoms in total. The van der Waals surface area contributed by atoms with Crippen LogP contribution in [0.1, 0.15) is 11.1 Å². The quantitative estimate of drug-likeness (QED) is 0.624. The van der Waals surface area contributed by atoms with E-state index in [9.17, 15) is 10.1 Å². The average Bonchev–Trinajstić information content (AvgIpc) is 2.48. The summed E-state index contributed by atoms with van der Waals surface area (Å²) in [6, 6.07) is 9.21. The van der Waals surface area contributed by atoms with E-state index >= 15 is 0 Å². The first kappa shape index (κ1) is 14.9. The van der Waals surface area contributed by atoms with Crippen LogP contribution in [0.2, 0.25) is 0 Å². The number of nitrogens with zero attached hydrogens (tertiary/aromatic N) is 4. The maximum absolute atomic E-state index is 10.9. The minimum Gasteiger partial charge on any atom is -0.327 e. The monoisotopic (exact) mass is 346 g/mol.